The van der Waals surface area contributed by atoms with Crippen molar-refractivity contribution in [3.8, 4) is 0 Å². The summed E-state index contributed by atoms with van der Waals surface area (Å²) in [6.45, 7) is 0.144. The molecule has 0 aliphatic carbocycles. The Balaban J connectivity index is 2.56. The van der Waals surface area contributed by atoms with Gasteiger partial charge in [-0.3, -0.25) is 0 Å². The molecule has 0 spiro atoms. The molecular formula is C6H10N4O. The number of aryl methyl sites for hydroxylation is 1. The second kappa shape index (κ2) is 3.82. The van der Waals surface area contributed by atoms with Crippen LogP contribution >= 0.6 is 0 Å². The number of nitrogens with two attached hydrogens (primary N) is 1. The Morgan fingerprint density at radius 2 is 2.27 bits per heavy atom. The number of hydrogen-bond donors (Lipinski definition) is 2. The van der Waals surface area contributed by atoms with Crippen LogP contribution in [0.4, 0.5) is 5.95 Å². The lowest BCUT2D eigenvalue weighted by molar-refractivity contribution is 0.287. The predicted octanol–water partition coefficient (Wildman–Crippen LogP) is -0.621. The molecule has 0 atom stereocenters. The summed E-state index contributed by atoms with van der Waals surface area (Å²) in [4.78, 5) is 11.4. The molecular weight excluding hydrogens is 144 g/mol. The molecule has 1 heterocycles. The lowest BCUT2D eigenvalue weighted by atomic mass is 10.3. The van der Waals surface area contributed by atoms with Gasteiger partial charge in [-0.25, -0.2) is 9.97 Å². The molecule has 1 aromatic heterocycles. The normalized spacial score (nSPS) is 9.91. The van der Waals surface area contributed by atoms with Gasteiger partial charge in [-0.15, -0.1) is 0 Å². The first-order valence-corrected chi connectivity index (χ1v) is 3.37. The summed E-state index contributed by atoms with van der Waals surface area (Å²) in [5, 5.41) is 8.49. The molecule has 0 aliphatic heterocycles. The van der Waals surface area contributed by atoms with E-state index in [1.54, 1.807) is 0 Å². The van der Waals surface area contributed by atoms with E-state index in [-0.39, 0.29) is 12.6 Å². The third-order valence-electron chi connectivity index (χ3n) is 1.20. The van der Waals surface area contributed by atoms with Crippen molar-refractivity contribution in [2.75, 3.05) is 12.3 Å². The maximum atomic E-state index is 8.49. The minimum Gasteiger partial charge on any atom is -0.396 e. The Kier molecular flexibility index (Phi) is 2.74. The van der Waals surface area contributed by atoms with E-state index in [2.05, 4.69) is 15.0 Å². The standard InChI is InChI=1S/C6H10N4O/c7-6-9-4-8-5(10-6)2-1-3-11/h4,11H,1-3H2,(H2,7,8,9,10). The van der Waals surface area contributed by atoms with Crippen LogP contribution in [0.5, 0.6) is 0 Å². The van der Waals surface area contributed by atoms with E-state index in [0.29, 0.717) is 18.7 Å². The molecule has 1 aromatic rings. The van der Waals surface area contributed by atoms with Crippen molar-refractivity contribution >= 4 is 5.95 Å². The molecule has 0 aromatic carbocycles. The van der Waals surface area contributed by atoms with Crippen LogP contribution in [0.2, 0.25) is 0 Å². The minimum absolute atomic E-state index is 0.144. The first-order chi connectivity index (χ1) is 5.33. The molecule has 0 unspecified atom stereocenters. The van der Waals surface area contributed by atoms with Gasteiger partial charge < -0.3 is 10.8 Å². The van der Waals surface area contributed by atoms with Gasteiger partial charge >= 0.3 is 0 Å². The Bertz CT molecular complexity index is 228. The van der Waals surface area contributed by atoms with Crippen molar-refractivity contribution in [2.45, 2.75) is 12.8 Å². The van der Waals surface area contributed by atoms with Gasteiger partial charge in [-0.05, 0) is 6.42 Å². The van der Waals surface area contributed by atoms with Crippen LogP contribution in [0, 0.1) is 0 Å². The summed E-state index contributed by atoms with van der Waals surface area (Å²) in [5.74, 6) is 0.861. The number of rotatable bonds is 3. The van der Waals surface area contributed by atoms with Crippen LogP contribution < -0.4 is 5.73 Å². The molecule has 0 aliphatic rings. The molecule has 0 saturated carbocycles. The zero-order valence-electron chi connectivity index (χ0n) is 6.06. The van der Waals surface area contributed by atoms with Crippen LogP contribution in [-0.2, 0) is 6.42 Å². The first-order valence-electron chi connectivity index (χ1n) is 3.37. The number of aromatic nitrogens is 3. The van der Waals surface area contributed by atoms with Crippen LogP contribution in [0.25, 0.3) is 0 Å². The van der Waals surface area contributed by atoms with Gasteiger partial charge in [0, 0.05) is 13.0 Å². The quantitative estimate of drug-likeness (QED) is 0.606. The van der Waals surface area contributed by atoms with Crippen molar-refractivity contribution in [1.82, 2.24) is 15.0 Å². The minimum atomic E-state index is 0.144. The Hall–Kier alpha value is -1.23. The molecule has 0 bridgehead atoms. The summed E-state index contributed by atoms with van der Waals surface area (Å²) in [6, 6.07) is 0. The molecule has 1 rings (SSSR count). The Labute approximate surface area is 64.3 Å². The molecule has 0 radical (unpaired) electrons. The lowest BCUT2D eigenvalue weighted by Gasteiger charge is -1.96. The number of aliphatic hydroxyl groups excluding tert-OH is 1. The smallest absolute Gasteiger partial charge is 0.223 e. The number of nitrogen functional groups attached to an aromatic ring is 1. The average Bonchev–Trinajstić information content (AvgIpc) is 2.01. The summed E-state index contributed by atoms with van der Waals surface area (Å²) in [5.41, 5.74) is 5.31. The molecule has 0 amide bonds. The third-order valence-corrected chi connectivity index (χ3v) is 1.20. The maximum Gasteiger partial charge on any atom is 0.223 e. The van der Waals surface area contributed by atoms with Gasteiger partial charge in [0.25, 0.3) is 0 Å². The van der Waals surface area contributed by atoms with Crippen molar-refractivity contribution in [3.63, 3.8) is 0 Å². The van der Waals surface area contributed by atoms with Crippen LogP contribution in [0.3, 0.4) is 0 Å². The fourth-order valence-electron chi connectivity index (χ4n) is 0.702. The van der Waals surface area contributed by atoms with Crippen molar-refractivity contribution in [3.05, 3.63) is 12.2 Å². The number of nitrogens with zero attached hydrogens (tertiary/aromatic N) is 3. The zero-order valence-corrected chi connectivity index (χ0v) is 6.06. The average molecular weight is 154 g/mol. The van der Waals surface area contributed by atoms with Crippen molar-refractivity contribution < 1.29 is 5.11 Å². The van der Waals surface area contributed by atoms with Crippen LogP contribution in [0.1, 0.15) is 12.2 Å². The summed E-state index contributed by atoms with van der Waals surface area (Å²) >= 11 is 0. The second-order valence-electron chi connectivity index (χ2n) is 2.09. The molecule has 0 fully saturated rings. The van der Waals surface area contributed by atoms with Crippen LogP contribution in [0.15, 0.2) is 6.33 Å². The van der Waals surface area contributed by atoms with Gasteiger partial charge in [0.1, 0.15) is 12.2 Å². The van der Waals surface area contributed by atoms with Crippen molar-refractivity contribution in [1.29, 1.82) is 0 Å². The molecule has 11 heavy (non-hydrogen) atoms. The van der Waals surface area contributed by atoms with E-state index >= 15 is 0 Å². The van der Waals surface area contributed by atoms with E-state index < -0.39 is 0 Å². The first kappa shape index (κ1) is 7.87. The number of anilines is 1. The molecule has 0 saturated heterocycles. The van der Waals surface area contributed by atoms with Gasteiger partial charge in [-0.1, -0.05) is 0 Å². The lowest BCUT2D eigenvalue weighted by Crippen LogP contribution is -2.02. The maximum absolute atomic E-state index is 8.49. The number of aliphatic hydroxyl groups is 1. The van der Waals surface area contributed by atoms with Crippen molar-refractivity contribution in [2.24, 2.45) is 0 Å². The van der Waals surface area contributed by atoms with Gasteiger partial charge in [0.2, 0.25) is 5.95 Å². The second-order valence-corrected chi connectivity index (χ2v) is 2.09. The highest BCUT2D eigenvalue weighted by Gasteiger charge is 1.95. The highest BCUT2D eigenvalue weighted by atomic mass is 16.2. The highest BCUT2D eigenvalue weighted by molar-refractivity contribution is 5.12. The predicted molar refractivity (Wildman–Crippen MR) is 39.6 cm³/mol. The monoisotopic (exact) mass is 154 g/mol. The van der Waals surface area contributed by atoms with E-state index in [1.807, 2.05) is 0 Å². The molecule has 5 heteroatoms. The number of hydrogen-bond acceptors (Lipinski definition) is 5. The third kappa shape index (κ3) is 2.46. The SMILES string of the molecule is Nc1ncnc(CCCO)n1. The molecule has 3 N–H and O–H groups in total. The zero-order chi connectivity index (χ0) is 8.10. The fourth-order valence-corrected chi connectivity index (χ4v) is 0.702. The Morgan fingerprint density at radius 1 is 1.45 bits per heavy atom. The van der Waals surface area contributed by atoms with Gasteiger partial charge in [0.15, 0.2) is 0 Å². The van der Waals surface area contributed by atoms with E-state index in [0.717, 1.165) is 0 Å². The largest absolute Gasteiger partial charge is 0.396 e. The summed E-state index contributed by atoms with van der Waals surface area (Å²) in [7, 11) is 0. The summed E-state index contributed by atoms with van der Waals surface area (Å²) < 4.78 is 0. The van der Waals surface area contributed by atoms with E-state index in [1.165, 1.54) is 6.33 Å². The van der Waals surface area contributed by atoms with Gasteiger partial charge in [0.05, 0.1) is 0 Å². The fraction of sp³-hybridized carbons (Fsp3) is 0.500. The van der Waals surface area contributed by atoms with E-state index in [4.69, 9.17) is 10.8 Å². The molecule has 5 nitrogen and oxygen atoms in total. The highest BCUT2D eigenvalue weighted by Crippen LogP contribution is 1.95. The van der Waals surface area contributed by atoms with Gasteiger partial charge in [-0.2, -0.15) is 4.98 Å². The molecule has 60 valence electrons. The Morgan fingerprint density at radius 3 is 2.91 bits per heavy atom. The van der Waals surface area contributed by atoms with E-state index in [9.17, 15) is 0 Å². The summed E-state index contributed by atoms with van der Waals surface area (Å²) in [6.07, 6.45) is 2.67. The topological polar surface area (TPSA) is 84.9 Å². The van der Waals surface area contributed by atoms with Crippen LogP contribution in [-0.4, -0.2) is 26.7 Å².